The number of rotatable bonds is 0. The van der Waals surface area contributed by atoms with Crippen LogP contribution in [0.25, 0.3) is 0 Å². The van der Waals surface area contributed by atoms with Crippen LogP contribution in [-0.2, 0) is 9.59 Å². The number of carbonyl (C=O) groups is 2. The predicted octanol–water partition coefficient (Wildman–Crippen LogP) is 5.21. The van der Waals surface area contributed by atoms with Gasteiger partial charge in [-0.3, -0.25) is 9.59 Å². The first-order valence-electron chi connectivity index (χ1n) is 5.86. The molecule has 0 aliphatic carbocycles. The molecule has 0 saturated carbocycles. The van der Waals surface area contributed by atoms with E-state index >= 15 is 0 Å². The second-order valence-corrected chi connectivity index (χ2v) is 9.60. The van der Waals surface area contributed by atoms with E-state index in [9.17, 15) is 35.9 Å². The lowest BCUT2D eigenvalue weighted by Crippen LogP contribution is -2.24. The Morgan fingerprint density at radius 2 is 0.773 bits per heavy atom. The van der Waals surface area contributed by atoms with Gasteiger partial charge in [0.2, 0.25) is 0 Å². The molecule has 0 atom stereocenters. The van der Waals surface area contributed by atoms with Crippen molar-refractivity contribution in [3.8, 4) is 0 Å². The van der Waals surface area contributed by atoms with Crippen LogP contribution in [0.3, 0.4) is 0 Å². The summed E-state index contributed by atoms with van der Waals surface area (Å²) in [6.07, 6.45) is -9.42. The second kappa shape index (κ2) is 7.94. The van der Waals surface area contributed by atoms with Crippen molar-refractivity contribution in [3.63, 3.8) is 0 Å². The van der Waals surface area contributed by atoms with Crippen molar-refractivity contribution in [2.24, 2.45) is 0 Å². The third kappa shape index (κ3) is 14.6. The fourth-order valence-electron chi connectivity index (χ4n) is 0.672. The molecule has 0 bridgehead atoms. The molecule has 2 nitrogen and oxygen atoms in total. The van der Waals surface area contributed by atoms with Crippen LogP contribution < -0.4 is 0 Å². The fraction of sp³-hybridized carbons (Fsp3) is 0.833. The molecule has 0 aromatic rings. The fourth-order valence-corrected chi connectivity index (χ4v) is 2.02. The number of hydrogen-bond donors (Lipinski definition) is 0. The van der Waals surface area contributed by atoms with Crippen LogP contribution >= 0.6 is 23.5 Å². The highest BCUT2D eigenvalue weighted by Gasteiger charge is 2.41. The Labute approximate surface area is 133 Å². The van der Waals surface area contributed by atoms with Crippen LogP contribution in [0, 0.1) is 0 Å². The first-order valence-corrected chi connectivity index (χ1v) is 7.49. The average molecular weight is 372 g/mol. The van der Waals surface area contributed by atoms with E-state index in [0.29, 0.717) is 23.5 Å². The van der Waals surface area contributed by atoms with E-state index in [2.05, 4.69) is 0 Å². The van der Waals surface area contributed by atoms with Crippen LogP contribution in [0.15, 0.2) is 0 Å². The van der Waals surface area contributed by atoms with Crippen LogP contribution in [0.1, 0.15) is 41.5 Å². The monoisotopic (exact) mass is 372 g/mol. The van der Waals surface area contributed by atoms with E-state index in [1.54, 1.807) is 41.5 Å². The standard InChI is InChI=1S/2C6H9F3OS/c2*1-5(2,3)11-4(10)6(7,8)9/h2*1-3H3. The normalized spacial score (nSPS) is 13.3. The molecule has 0 N–H and O–H groups in total. The summed E-state index contributed by atoms with van der Waals surface area (Å²) in [5.74, 6) is 0. The molecule has 22 heavy (non-hydrogen) atoms. The van der Waals surface area contributed by atoms with Crippen molar-refractivity contribution >= 4 is 33.8 Å². The van der Waals surface area contributed by atoms with Gasteiger partial charge in [-0.2, -0.15) is 26.3 Å². The van der Waals surface area contributed by atoms with E-state index in [1.165, 1.54) is 0 Å². The number of hydrogen-bond acceptors (Lipinski definition) is 4. The highest BCUT2D eigenvalue weighted by atomic mass is 32.2. The summed E-state index contributed by atoms with van der Waals surface area (Å²) in [5, 5.41) is -3.46. The summed E-state index contributed by atoms with van der Waals surface area (Å²) in [6, 6.07) is 0. The van der Waals surface area contributed by atoms with Crippen LogP contribution in [0.4, 0.5) is 26.3 Å². The van der Waals surface area contributed by atoms with Crippen LogP contribution in [0.2, 0.25) is 0 Å². The van der Waals surface area contributed by atoms with Crippen molar-refractivity contribution in [2.45, 2.75) is 63.4 Å². The zero-order valence-corrected chi connectivity index (χ0v) is 14.5. The molecule has 0 amide bonds. The molecule has 0 saturated heterocycles. The molecule has 0 aromatic carbocycles. The smallest absolute Gasteiger partial charge is 0.277 e. The Kier molecular flexibility index (Phi) is 8.62. The Morgan fingerprint density at radius 3 is 0.818 bits per heavy atom. The summed E-state index contributed by atoms with van der Waals surface area (Å²) in [5.41, 5.74) is 0. The minimum Gasteiger partial charge on any atom is -0.277 e. The quantitative estimate of drug-likeness (QED) is 0.547. The summed E-state index contributed by atoms with van der Waals surface area (Å²) in [7, 11) is 0. The highest BCUT2D eigenvalue weighted by molar-refractivity contribution is 8.15. The molecular weight excluding hydrogens is 354 g/mol. The molecule has 0 fully saturated rings. The third-order valence-corrected chi connectivity index (χ3v) is 3.32. The lowest BCUT2D eigenvalue weighted by atomic mass is 10.3. The number of carbonyl (C=O) groups excluding carboxylic acids is 2. The van der Waals surface area contributed by atoms with E-state index in [-0.39, 0.29) is 0 Å². The third-order valence-electron chi connectivity index (χ3n) is 1.26. The van der Waals surface area contributed by atoms with Gasteiger partial charge in [0, 0.05) is 9.49 Å². The second-order valence-electron chi connectivity index (χ2n) is 6.00. The van der Waals surface area contributed by atoms with Gasteiger partial charge in [0.05, 0.1) is 0 Å². The predicted molar refractivity (Wildman–Crippen MR) is 76.8 cm³/mol. The van der Waals surface area contributed by atoms with E-state index in [4.69, 9.17) is 0 Å². The van der Waals surface area contributed by atoms with Gasteiger partial charge >= 0.3 is 12.4 Å². The molecule has 0 aliphatic rings. The zero-order chi connectivity index (χ0) is 18.6. The van der Waals surface area contributed by atoms with E-state index < -0.39 is 32.1 Å². The topological polar surface area (TPSA) is 34.1 Å². The largest absolute Gasteiger partial charge is 0.460 e. The molecule has 0 aromatic heterocycles. The minimum atomic E-state index is -4.71. The lowest BCUT2D eigenvalue weighted by molar-refractivity contribution is -0.160. The highest BCUT2D eigenvalue weighted by Crippen LogP contribution is 2.32. The first kappa shape index (κ1) is 23.9. The molecule has 0 rings (SSSR count). The molecule has 132 valence electrons. The summed E-state index contributed by atoms with van der Waals surface area (Å²) < 4.78 is 68.3. The van der Waals surface area contributed by atoms with Gasteiger partial charge in [-0.15, -0.1) is 0 Å². The van der Waals surface area contributed by atoms with Crippen LogP contribution in [-0.4, -0.2) is 32.1 Å². The Balaban J connectivity index is 0. The van der Waals surface area contributed by atoms with Gasteiger partial charge in [-0.1, -0.05) is 65.1 Å². The maximum absolute atomic E-state index is 11.6. The molecule has 0 radical (unpaired) electrons. The van der Waals surface area contributed by atoms with Crippen molar-refractivity contribution in [1.29, 1.82) is 0 Å². The van der Waals surface area contributed by atoms with Crippen molar-refractivity contribution < 1.29 is 35.9 Å². The molecule has 0 unspecified atom stereocenters. The van der Waals surface area contributed by atoms with Gasteiger partial charge < -0.3 is 0 Å². The first-order chi connectivity index (χ1) is 9.26. The maximum atomic E-state index is 11.6. The summed E-state index contributed by atoms with van der Waals surface area (Å²) in [4.78, 5) is 20.6. The lowest BCUT2D eigenvalue weighted by Gasteiger charge is -2.16. The summed E-state index contributed by atoms with van der Waals surface area (Å²) >= 11 is 0.600. The molecule has 0 heterocycles. The van der Waals surface area contributed by atoms with Gasteiger partial charge in [-0.05, 0) is 0 Å². The number of alkyl halides is 6. The van der Waals surface area contributed by atoms with Crippen molar-refractivity contribution in [3.05, 3.63) is 0 Å². The van der Waals surface area contributed by atoms with E-state index in [0.717, 1.165) is 0 Å². The van der Waals surface area contributed by atoms with Crippen molar-refractivity contribution in [2.75, 3.05) is 0 Å². The Hall–Kier alpha value is -0.380. The SMILES string of the molecule is CC(C)(C)SC(=O)C(F)(F)F.CC(C)(C)SC(=O)C(F)(F)F. The Bertz CT molecular complexity index is 350. The minimum absolute atomic E-state index is 0.300. The average Bonchev–Trinajstić information content (AvgIpc) is 2.09. The maximum Gasteiger partial charge on any atom is 0.460 e. The molecular formula is C12H18F6O2S2. The van der Waals surface area contributed by atoms with Crippen LogP contribution in [0.5, 0.6) is 0 Å². The molecule has 0 spiro atoms. The van der Waals surface area contributed by atoms with E-state index in [1.807, 2.05) is 0 Å². The Morgan fingerprint density at radius 1 is 0.591 bits per heavy atom. The van der Waals surface area contributed by atoms with Gasteiger partial charge in [-0.25, -0.2) is 0 Å². The molecule has 0 aliphatic heterocycles. The summed E-state index contributed by atoms with van der Waals surface area (Å²) in [6.45, 7) is 9.34. The number of thioether (sulfide) groups is 2. The number of halogens is 6. The zero-order valence-electron chi connectivity index (χ0n) is 12.9. The van der Waals surface area contributed by atoms with Crippen molar-refractivity contribution in [1.82, 2.24) is 0 Å². The molecule has 10 heteroatoms. The van der Waals surface area contributed by atoms with Gasteiger partial charge in [0.1, 0.15) is 0 Å². The van der Waals surface area contributed by atoms with Gasteiger partial charge in [0.25, 0.3) is 10.2 Å². The van der Waals surface area contributed by atoms with Gasteiger partial charge in [0.15, 0.2) is 0 Å².